The maximum Gasteiger partial charge on any atom is 0.347 e. The highest BCUT2D eigenvalue weighted by Gasteiger charge is 2.27. The van der Waals surface area contributed by atoms with Crippen molar-refractivity contribution < 1.29 is 0 Å². The van der Waals surface area contributed by atoms with Gasteiger partial charge >= 0.3 is 5.69 Å². The number of para-hydroxylation sites is 1. The average molecular weight is 364 g/mol. The van der Waals surface area contributed by atoms with Gasteiger partial charge in [-0.25, -0.2) is 24.4 Å². The number of nitrogens with one attached hydrogen (secondary N) is 1. The van der Waals surface area contributed by atoms with E-state index in [-0.39, 0.29) is 11.6 Å². The van der Waals surface area contributed by atoms with Gasteiger partial charge in [-0.05, 0) is 37.6 Å². The second-order valence-electron chi connectivity index (χ2n) is 6.95. The Morgan fingerprint density at radius 3 is 2.89 bits per heavy atom. The van der Waals surface area contributed by atoms with Crippen molar-refractivity contribution in [2.45, 2.75) is 38.6 Å². The number of nitrogens with zero attached hydrogens (tertiary/aromatic N) is 5. The number of hydrogen-bond acceptors (Lipinski definition) is 5. The molecule has 0 radical (unpaired) electrons. The fourth-order valence-corrected chi connectivity index (χ4v) is 3.75. The van der Waals surface area contributed by atoms with Crippen LogP contribution in [0.25, 0.3) is 5.69 Å². The lowest BCUT2D eigenvalue weighted by molar-refractivity contribution is 0.193. The molecular weight excluding hydrogens is 340 g/mol. The van der Waals surface area contributed by atoms with E-state index in [2.05, 4.69) is 32.0 Å². The van der Waals surface area contributed by atoms with Crippen LogP contribution in [0.15, 0.2) is 47.4 Å². The fraction of sp³-hybridized carbons (Fsp3) is 0.400. The summed E-state index contributed by atoms with van der Waals surface area (Å²) in [7, 11) is 0. The second-order valence-corrected chi connectivity index (χ2v) is 6.95. The predicted octanol–water partition coefficient (Wildman–Crippen LogP) is 2.29. The third-order valence-corrected chi connectivity index (χ3v) is 5.05. The number of piperidine rings is 1. The lowest BCUT2D eigenvalue weighted by Gasteiger charge is -2.32. The molecule has 27 heavy (non-hydrogen) atoms. The van der Waals surface area contributed by atoms with Crippen LogP contribution < -0.4 is 5.69 Å². The van der Waals surface area contributed by atoms with Crippen LogP contribution in [-0.2, 0) is 13.0 Å². The molecule has 0 bridgehead atoms. The zero-order valence-corrected chi connectivity index (χ0v) is 15.5. The van der Waals surface area contributed by atoms with E-state index in [0.29, 0.717) is 0 Å². The largest absolute Gasteiger partial charge is 0.347 e. The van der Waals surface area contributed by atoms with E-state index in [1.807, 2.05) is 42.6 Å². The summed E-state index contributed by atoms with van der Waals surface area (Å²) >= 11 is 0. The number of H-pyrrole nitrogens is 1. The molecule has 1 saturated heterocycles. The standard InChI is InChI=1S/C20H24N6O/c1-2-18-21-11-10-16(22-18)14-25-12-6-7-15(13-25)19-23-24-20(27)26(19)17-8-4-3-5-9-17/h3-5,8-11,15H,2,6-7,12-14H2,1H3,(H,24,27). The first-order valence-corrected chi connectivity index (χ1v) is 9.50. The van der Waals surface area contributed by atoms with Gasteiger partial charge in [-0.3, -0.25) is 4.90 Å². The molecule has 7 heteroatoms. The van der Waals surface area contributed by atoms with Gasteiger partial charge in [0.25, 0.3) is 0 Å². The summed E-state index contributed by atoms with van der Waals surface area (Å²) in [5.41, 5.74) is 1.72. The van der Waals surface area contributed by atoms with E-state index in [0.717, 1.165) is 61.9 Å². The summed E-state index contributed by atoms with van der Waals surface area (Å²) in [6.07, 6.45) is 4.78. The molecule has 7 nitrogen and oxygen atoms in total. The van der Waals surface area contributed by atoms with Crippen LogP contribution in [0.1, 0.15) is 43.0 Å². The van der Waals surface area contributed by atoms with Crippen LogP contribution in [0.4, 0.5) is 0 Å². The van der Waals surface area contributed by atoms with Gasteiger partial charge in [0.1, 0.15) is 11.6 Å². The second kappa shape index (κ2) is 7.84. The molecule has 1 aliphatic rings. The summed E-state index contributed by atoms with van der Waals surface area (Å²) in [5, 5.41) is 6.99. The van der Waals surface area contributed by atoms with Crippen molar-refractivity contribution in [1.82, 2.24) is 29.6 Å². The summed E-state index contributed by atoms with van der Waals surface area (Å²) in [6.45, 7) is 4.76. The molecule has 1 N–H and O–H groups in total. The molecule has 1 aliphatic heterocycles. The SMILES string of the molecule is CCc1nccc(CN2CCCC(c3n[nH]c(=O)n3-c3ccccc3)C2)n1. The summed E-state index contributed by atoms with van der Waals surface area (Å²) in [4.78, 5) is 23.6. The van der Waals surface area contributed by atoms with Crippen molar-refractivity contribution in [2.24, 2.45) is 0 Å². The Labute approximate surface area is 158 Å². The van der Waals surface area contributed by atoms with Crippen molar-refractivity contribution in [1.29, 1.82) is 0 Å². The van der Waals surface area contributed by atoms with Crippen LogP contribution in [0.5, 0.6) is 0 Å². The first-order chi connectivity index (χ1) is 13.2. The van der Waals surface area contributed by atoms with Crippen LogP contribution in [-0.4, -0.2) is 42.7 Å². The van der Waals surface area contributed by atoms with Crippen molar-refractivity contribution in [3.8, 4) is 5.69 Å². The number of aromatic nitrogens is 5. The van der Waals surface area contributed by atoms with Crippen molar-refractivity contribution in [2.75, 3.05) is 13.1 Å². The average Bonchev–Trinajstić information content (AvgIpc) is 3.10. The van der Waals surface area contributed by atoms with Crippen molar-refractivity contribution in [3.05, 3.63) is 70.4 Å². The van der Waals surface area contributed by atoms with Crippen LogP contribution in [0.3, 0.4) is 0 Å². The highest BCUT2D eigenvalue weighted by molar-refractivity contribution is 5.32. The number of hydrogen-bond donors (Lipinski definition) is 1. The molecule has 2 aromatic heterocycles. The monoisotopic (exact) mass is 364 g/mol. The third kappa shape index (κ3) is 3.83. The van der Waals surface area contributed by atoms with Gasteiger partial charge in [0, 0.05) is 31.6 Å². The smallest absolute Gasteiger partial charge is 0.297 e. The minimum absolute atomic E-state index is 0.184. The molecule has 0 amide bonds. The Bertz CT molecular complexity index is 948. The molecule has 140 valence electrons. The van der Waals surface area contributed by atoms with Gasteiger partial charge < -0.3 is 0 Å². The highest BCUT2D eigenvalue weighted by Crippen LogP contribution is 2.27. The zero-order valence-electron chi connectivity index (χ0n) is 15.5. The molecule has 1 aromatic carbocycles. The minimum atomic E-state index is -0.184. The third-order valence-electron chi connectivity index (χ3n) is 5.05. The predicted molar refractivity (Wildman–Crippen MR) is 103 cm³/mol. The Morgan fingerprint density at radius 1 is 1.22 bits per heavy atom. The Kier molecular flexibility index (Phi) is 5.11. The zero-order chi connectivity index (χ0) is 18.6. The number of benzene rings is 1. The number of rotatable bonds is 5. The van der Waals surface area contributed by atoms with Crippen LogP contribution >= 0.6 is 0 Å². The number of likely N-dealkylation sites (tertiary alicyclic amines) is 1. The summed E-state index contributed by atoms with van der Waals surface area (Å²) in [6, 6.07) is 11.7. The molecular formula is C20H24N6O. The summed E-state index contributed by atoms with van der Waals surface area (Å²) < 4.78 is 1.70. The quantitative estimate of drug-likeness (QED) is 0.751. The van der Waals surface area contributed by atoms with E-state index >= 15 is 0 Å². The van der Waals surface area contributed by atoms with Gasteiger partial charge in [-0.15, -0.1) is 0 Å². The fourth-order valence-electron chi connectivity index (χ4n) is 3.75. The molecule has 1 unspecified atom stereocenters. The molecule has 1 fully saturated rings. The van der Waals surface area contributed by atoms with E-state index < -0.39 is 0 Å². The Hall–Kier alpha value is -2.80. The molecule has 3 aromatic rings. The van der Waals surface area contributed by atoms with Gasteiger partial charge in [0.15, 0.2) is 0 Å². The van der Waals surface area contributed by atoms with Gasteiger partial charge in [0.05, 0.1) is 11.4 Å². The van der Waals surface area contributed by atoms with Crippen LogP contribution in [0, 0.1) is 0 Å². The van der Waals surface area contributed by atoms with Gasteiger partial charge in [-0.2, -0.15) is 5.10 Å². The van der Waals surface area contributed by atoms with E-state index in [4.69, 9.17) is 0 Å². The number of aryl methyl sites for hydroxylation is 1. The van der Waals surface area contributed by atoms with Crippen molar-refractivity contribution in [3.63, 3.8) is 0 Å². The Morgan fingerprint density at radius 2 is 2.07 bits per heavy atom. The van der Waals surface area contributed by atoms with E-state index in [1.54, 1.807) is 4.57 Å². The molecule has 1 atom stereocenters. The van der Waals surface area contributed by atoms with Crippen molar-refractivity contribution >= 4 is 0 Å². The highest BCUT2D eigenvalue weighted by atomic mass is 16.1. The topological polar surface area (TPSA) is 79.7 Å². The van der Waals surface area contributed by atoms with Crippen LogP contribution in [0.2, 0.25) is 0 Å². The lowest BCUT2D eigenvalue weighted by Crippen LogP contribution is -2.35. The molecule has 0 aliphatic carbocycles. The van der Waals surface area contributed by atoms with E-state index in [1.165, 1.54) is 0 Å². The minimum Gasteiger partial charge on any atom is -0.297 e. The maximum absolute atomic E-state index is 12.3. The molecule has 4 rings (SSSR count). The maximum atomic E-state index is 12.3. The summed E-state index contributed by atoms with van der Waals surface area (Å²) in [5.74, 6) is 1.91. The first kappa shape index (κ1) is 17.6. The van der Waals surface area contributed by atoms with E-state index in [9.17, 15) is 4.79 Å². The lowest BCUT2D eigenvalue weighted by atomic mass is 9.97. The first-order valence-electron chi connectivity index (χ1n) is 9.50. The Balaban J connectivity index is 1.55. The molecule has 3 heterocycles. The van der Waals surface area contributed by atoms with Gasteiger partial charge in [0.2, 0.25) is 0 Å². The normalized spacial score (nSPS) is 17.9. The van der Waals surface area contributed by atoms with Gasteiger partial charge in [-0.1, -0.05) is 25.1 Å². The molecule has 0 saturated carbocycles. The number of aromatic amines is 1. The molecule has 0 spiro atoms.